The highest BCUT2D eigenvalue weighted by molar-refractivity contribution is 5.87. The summed E-state index contributed by atoms with van der Waals surface area (Å²) in [5.41, 5.74) is 0. The second-order valence-electron chi connectivity index (χ2n) is 2.95. The first kappa shape index (κ1) is 9.22. The van der Waals surface area contributed by atoms with Crippen LogP contribution in [0.25, 0.3) is 0 Å². The molecule has 4 nitrogen and oxygen atoms in total. The number of β-amino-alcohol motifs (C(OH)–C–C–N with tert-alkyl or cyclic N) is 1. The van der Waals surface area contributed by atoms with Gasteiger partial charge in [-0.3, -0.25) is 4.79 Å². The molecular weight excluding hydrogens is 156 g/mol. The Hall–Kier alpha value is -0.870. The van der Waals surface area contributed by atoms with E-state index in [0.717, 1.165) is 0 Å². The van der Waals surface area contributed by atoms with Gasteiger partial charge in [0.15, 0.2) is 0 Å². The highest BCUT2D eigenvalue weighted by Gasteiger charge is 2.29. The number of likely N-dealkylation sites (N-methyl/N-ethyl adjacent to an activating group) is 1. The van der Waals surface area contributed by atoms with E-state index in [0.29, 0.717) is 13.1 Å². The first-order valence-corrected chi connectivity index (χ1v) is 3.95. The largest absolute Gasteiger partial charge is 0.390 e. The second-order valence-corrected chi connectivity index (χ2v) is 2.95. The number of nitrogens with zero attached hydrogens (tertiary/aromatic N) is 1. The van der Waals surface area contributed by atoms with E-state index in [2.05, 4.69) is 11.9 Å². The summed E-state index contributed by atoms with van der Waals surface area (Å²) < 4.78 is 0. The molecule has 0 aliphatic carbocycles. The molecule has 1 rings (SSSR count). The molecule has 0 aromatic heterocycles. The third-order valence-corrected chi connectivity index (χ3v) is 2.17. The number of aliphatic hydroxyl groups excluding tert-OH is 1. The molecule has 1 aliphatic rings. The lowest BCUT2D eigenvalue weighted by molar-refractivity contribution is -0.128. The van der Waals surface area contributed by atoms with Crippen LogP contribution in [-0.4, -0.2) is 48.2 Å². The van der Waals surface area contributed by atoms with Gasteiger partial charge >= 0.3 is 0 Å². The van der Waals surface area contributed by atoms with Crippen LogP contribution in [0.1, 0.15) is 0 Å². The summed E-state index contributed by atoms with van der Waals surface area (Å²) in [6, 6.07) is -0.115. The minimum Gasteiger partial charge on any atom is -0.390 e. The topological polar surface area (TPSA) is 52.6 Å². The van der Waals surface area contributed by atoms with Gasteiger partial charge in [-0.05, 0) is 6.08 Å². The van der Waals surface area contributed by atoms with Crippen LogP contribution < -0.4 is 5.32 Å². The van der Waals surface area contributed by atoms with E-state index in [4.69, 9.17) is 0 Å². The molecule has 0 aromatic rings. The van der Waals surface area contributed by atoms with Gasteiger partial charge in [0.2, 0.25) is 5.91 Å². The van der Waals surface area contributed by atoms with Gasteiger partial charge in [0, 0.05) is 20.1 Å². The molecule has 1 aliphatic heterocycles. The van der Waals surface area contributed by atoms with E-state index in [1.807, 2.05) is 0 Å². The maximum atomic E-state index is 11.1. The Morgan fingerprint density at radius 2 is 2.42 bits per heavy atom. The average Bonchev–Trinajstić information content (AvgIpc) is 2.48. The molecule has 0 unspecified atom stereocenters. The fourth-order valence-corrected chi connectivity index (χ4v) is 1.35. The van der Waals surface area contributed by atoms with Gasteiger partial charge < -0.3 is 15.3 Å². The molecule has 12 heavy (non-hydrogen) atoms. The summed E-state index contributed by atoms with van der Waals surface area (Å²) in [5, 5.41) is 12.4. The van der Waals surface area contributed by atoms with Crippen LogP contribution in [0.2, 0.25) is 0 Å². The molecule has 4 heteroatoms. The van der Waals surface area contributed by atoms with Gasteiger partial charge in [-0.1, -0.05) is 6.58 Å². The minimum absolute atomic E-state index is 0.115. The second kappa shape index (κ2) is 3.69. The number of hydrogen-bond donors (Lipinski definition) is 2. The van der Waals surface area contributed by atoms with E-state index >= 15 is 0 Å². The lowest BCUT2D eigenvalue weighted by Gasteiger charge is -2.24. The molecule has 1 saturated heterocycles. The Labute approximate surface area is 71.9 Å². The SMILES string of the molecule is C=CC(=O)N(C)[C@@H]1CNC[C@H]1O. The fraction of sp³-hybridized carbons (Fsp3) is 0.625. The molecule has 0 radical (unpaired) electrons. The zero-order valence-electron chi connectivity index (χ0n) is 7.16. The van der Waals surface area contributed by atoms with Crippen molar-refractivity contribution in [1.29, 1.82) is 0 Å². The third-order valence-electron chi connectivity index (χ3n) is 2.17. The molecule has 0 aromatic carbocycles. The molecule has 1 fully saturated rings. The Morgan fingerprint density at radius 1 is 1.75 bits per heavy atom. The maximum Gasteiger partial charge on any atom is 0.246 e. The Morgan fingerprint density at radius 3 is 2.83 bits per heavy atom. The van der Waals surface area contributed by atoms with Gasteiger partial charge in [0.25, 0.3) is 0 Å². The third kappa shape index (κ3) is 1.65. The molecule has 2 N–H and O–H groups in total. The van der Waals surface area contributed by atoms with Crippen molar-refractivity contribution in [2.75, 3.05) is 20.1 Å². The van der Waals surface area contributed by atoms with Crippen molar-refractivity contribution in [2.45, 2.75) is 12.1 Å². The van der Waals surface area contributed by atoms with Crippen LogP contribution in [0.5, 0.6) is 0 Å². The highest BCUT2D eigenvalue weighted by Crippen LogP contribution is 2.07. The van der Waals surface area contributed by atoms with Gasteiger partial charge in [-0.2, -0.15) is 0 Å². The molecular formula is C8H14N2O2. The zero-order chi connectivity index (χ0) is 9.14. The zero-order valence-corrected chi connectivity index (χ0v) is 7.16. The number of carbonyl (C=O) groups is 1. The molecule has 0 bridgehead atoms. The normalized spacial score (nSPS) is 28.5. The number of hydrogen-bond acceptors (Lipinski definition) is 3. The number of aliphatic hydroxyl groups is 1. The number of amides is 1. The highest BCUT2D eigenvalue weighted by atomic mass is 16.3. The Bertz CT molecular complexity index is 193. The van der Waals surface area contributed by atoms with Crippen LogP contribution in [0.15, 0.2) is 12.7 Å². The predicted molar refractivity (Wildman–Crippen MR) is 45.6 cm³/mol. The van der Waals surface area contributed by atoms with E-state index < -0.39 is 6.10 Å². The van der Waals surface area contributed by atoms with Crippen molar-refractivity contribution in [2.24, 2.45) is 0 Å². The first-order chi connectivity index (χ1) is 5.66. The van der Waals surface area contributed by atoms with Gasteiger partial charge in [-0.25, -0.2) is 0 Å². The van der Waals surface area contributed by atoms with Crippen molar-refractivity contribution in [3.8, 4) is 0 Å². The fourth-order valence-electron chi connectivity index (χ4n) is 1.35. The molecule has 1 amide bonds. The number of nitrogens with one attached hydrogen (secondary N) is 1. The van der Waals surface area contributed by atoms with Crippen LogP contribution in [0.3, 0.4) is 0 Å². The number of rotatable bonds is 2. The summed E-state index contributed by atoms with van der Waals surface area (Å²) in [5.74, 6) is -0.150. The van der Waals surface area contributed by atoms with Gasteiger partial charge in [-0.15, -0.1) is 0 Å². The summed E-state index contributed by atoms with van der Waals surface area (Å²) in [4.78, 5) is 12.6. The predicted octanol–water partition coefficient (Wildman–Crippen LogP) is -1.04. The van der Waals surface area contributed by atoms with Crippen LogP contribution >= 0.6 is 0 Å². The van der Waals surface area contributed by atoms with Crippen molar-refractivity contribution < 1.29 is 9.90 Å². The average molecular weight is 170 g/mol. The summed E-state index contributed by atoms with van der Waals surface area (Å²) >= 11 is 0. The molecule has 1 heterocycles. The summed E-state index contributed by atoms with van der Waals surface area (Å²) in [6.45, 7) is 4.59. The van der Waals surface area contributed by atoms with Gasteiger partial charge in [0.1, 0.15) is 0 Å². The monoisotopic (exact) mass is 170 g/mol. The summed E-state index contributed by atoms with van der Waals surface area (Å²) in [6.07, 6.45) is 0.796. The standard InChI is InChI=1S/C8H14N2O2/c1-3-8(12)10(2)6-4-9-5-7(6)11/h3,6-7,9,11H,1,4-5H2,2H3/t6-,7-/m1/s1. The lowest BCUT2D eigenvalue weighted by Crippen LogP contribution is -2.43. The molecule has 0 saturated carbocycles. The quantitative estimate of drug-likeness (QED) is 0.521. The Kier molecular flexibility index (Phi) is 2.83. The van der Waals surface area contributed by atoms with E-state index in [-0.39, 0.29) is 11.9 Å². The van der Waals surface area contributed by atoms with Crippen LogP contribution in [0, 0.1) is 0 Å². The minimum atomic E-state index is -0.459. The van der Waals surface area contributed by atoms with E-state index in [9.17, 15) is 9.90 Å². The smallest absolute Gasteiger partial charge is 0.246 e. The van der Waals surface area contributed by atoms with Crippen molar-refractivity contribution >= 4 is 5.91 Å². The van der Waals surface area contributed by atoms with Crippen LogP contribution in [0.4, 0.5) is 0 Å². The van der Waals surface area contributed by atoms with Crippen LogP contribution in [-0.2, 0) is 4.79 Å². The van der Waals surface area contributed by atoms with Crippen molar-refractivity contribution in [3.05, 3.63) is 12.7 Å². The van der Waals surface area contributed by atoms with E-state index in [1.54, 1.807) is 7.05 Å². The lowest BCUT2D eigenvalue weighted by atomic mass is 10.2. The van der Waals surface area contributed by atoms with E-state index in [1.165, 1.54) is 11.0 Å². The van der Waals surface area contributed by atoms with Gasteiger partial charge in [0.05, 0.1) is 12.1 Å². The molecule has 2 atom stereocenters. The van der Waals surface area contributed by atoms with Crippen molar-refractivity contribution in [3.63, 3.8) is 0 Å². The van der Waals surface area contributed by atoms with Crippen molar-refractivity contribution in [1.82, 2.24) is 10.2 Å². The first-order valence-electron chi connectivity index (χ1n) is 3.95. The summed E-state index contributed by atoms with van der Waals surface area (Å²) in [7, 11) is 1.67. The molecule has 0 spiro atoms. The number of carbonyl (C=O) groups excluding carboxylic acids is 1. The molecule has 68 valence electrons. The maximum absolute atomic E-state index is 11.1. The Balaban J connectivity index is 2.56.